The molecule has 20 heavy (non-hydrogen) atoms. The molecule has 0 amide bonds. The number of para-hydroxylation sites is 1. The summed E-state index contributed by atoms with van der Waals surface area (Å²) >= 11 is 0. The number of nitrogens with two attached hydrogens (primary N) is 1. The average molecular weight is 278 g/mol. The van der Waals surface area contributed by atoms with Gasteiger partial charge in [-0.1, -0.05) is 6.07 Å². The predicted molar refractivity (Wildman–Crippen MR) is 79.0 cm³/mol. The summed E-state index contributed by atoms with van der Waals surface area (Å²) in [5.41, 5.74) is 7.43. The van der Waals surface area contributed by atoms with Crippen molar-refractivity contribution in [1.82, 2.24) is 0 Å². The molecule has 2 rings (SSSR count). The number of carbonyl (C=O) groups excluding carboxylic acids is 1. The van der Waals surface area contributed by atoms with E-state index in [1.54, 1.807) is 0 Å². The lowest BCUT2D eigenvalue weighted by Crippen LogP contribution is -2.47. The third-order valence-electron chi connectivity index (χ3n) is 3.34. The summed E-state index contributed by atoms with van der Waals surface area (Å²) < 4.78 is 10.6. The van der Waals surface area contributed by atoms with Gasteiger partial charge in [-0.2, -0.15) is 0 Å². The van der Waals surface area contributed by atoms with Gasteiger partial charge in [-0.25, -0.2) is 0 Å². The van der Waals surface area contributed by atoms with Crippen LogP contribution in [0, 0.1) is 0 Å². The molecule has 0 aliphatic carbocycles. The monoisotopic (exact) mass is 278 g/mol. The smallest absolute Gasteiger partial charge is 0.305 e. The Morgan fingerprint density at radius 3 is 2.95 bits per heavy atom. The zero-order valence-corrected chi connectivity index (χ0v) is 12.3. The quantitative estimate of drug-likeness (QED) is 0.675. The van der Waals surface area contributed by atoms with Gasteiger partial charge in [0.1, 0.15) is 17.0 Å². The van der Waals surface area contributed by atoms with Crippen LogP contribution in [0.2, 0.25) is 0 Å². The minimum absolute atomic E-state index is 0.182. The number of hydrogen-bond acceptors (Lipinski definition) is 5. The lowest BCUT2D eigenvalue weighted by atomic mass is 10.0. The second-order valence-electron chi connectivity index (χ2n) is 5.66. The van der Waals surface area contributed by atoms with E-state index in [9.17, 15) is 4.79 Å². The molecule has 5 nitrogen and oxygen atoms in total. The van der Waals surface area contributed by atoms with E-state index in [1.807, 2.05) is 32.0 Å². The lowest BCUT2D eigenvalue weighted by molar-refractivity contribution is -0.140. The number of rotatable bonds is 4. The Balaban J connectivity index is 2.14. The van der Waals surface area contributed by atoms with Crippen LogP contribution in [-0.4, -0.2) is 31.8 Å². The van der Waals surface area contributed by atoms with Crippen molar-refractivity contribution in [2.75, 3.05) is 30.8 Å². The first-order valence-corrected chi connectivity index (χ1v) is 6.82. The number of carbonyl (C=O) groups is 1. The van der Waals surface area contributed by atoms with Crippen LogP contribution in [0.1, 0.15) is 26.7 Å². The minimum atomic E-state index is -0.272. The molecular weight excluding hydrogens is 256 g/mol. The summed E-state index contributed by atoms with van der Waals surface area (Å²) in [5, 5.41) is 0. The van der Waals surface area contributed by atoms with Gasteiger partial charge in [0.15, 0.2) is 0 Å². The van der Waals surface area contributed by atoms with Crippen LogP contribution in [-0.2, 0) is 9.53 Å². The van der Waals surface area contributed by atoms with E-state index in [-0.39, 0.29) is 11.6 Å². The van der Waals surface area contributed by atoms with Gasteiger partial charge >= 0.3 is 5.97 Å². The summed E-state index contributed by atoms with van der Waals surface area (Å²) in [6.45, 7) is 5.59. The van der Waals surface area contributed by atoms with Crippen LogP contribution in [0.15, 0.2) is 18.2 Å². The fraction of sp³-hybridized carbons (Fsp3) is 0.533. The van der Waals surface area contributed by atoms with Gasteiger partial charge in [-0.05, 0) is 32.4 Å². The van der Waals surface area contributed by atoms with Gasteiger partial charge < -0.3 is 20.1 Å². The molecule has 0 atom stereocenters. The van der Waals surface area contributed by atoms with Gasteiger partial charge in [-0.3, -0.25) is 4.79 Å². The zero-order chi connectivity index (χ0) is 14.8. The first-order chi connectivity index (χ1) is 9.43. The molecule has 0 fully saturated rings. The Labute approximate surface area is 119 Å². The molecule has 1 aliphatic rings. The summed E-state index contributed by atoms with van der Waals surface area (Å²) in [4.78, 5) is 13.4. The number of ether oxygens (including phenoxy) is 2. The summed E-state index contributed by atoms with van der Waals surface area (Å²) in [6.07, 6.45) is 1.15. The van der Waals surface area contributed by atoms with E-state index >= 15 is 0 Å². The van der Waals surface area contributed by atoms with Crippen LogP contribution in [0.4, 0.5) is 11.4 Å². The Bertz CT molecular complexity index is 500. The molecule has 5 heteroatoms. The van der Waals surface area contributed by atoms with Crippen molar-refractivity contribution in [3.8, 4) is 5.75 Å². The number of methoxy groups -OCH3 is 1. The average Bonchev–Trinajstić information content (AvgIpc) is 2.36. The highest BCUT2D eigenvalue weighted by atomic mass is 16.5. The SMILES string of the molecule is COC(=O)CCCN1CC(C)(C)Oc2cccc(N)c21. The molecular formula is C15H22N2O3. The van der Waals surface area contributed by atoms with Crippen LogP contribution < -0.4 is 15.4 Å². The number of nitrogens with zero attached hydrogens (tertiary/aromatic N) is 1. The second kappa shape index (κ2) is 5.61. The highest BCUT2D eigenvalue weighted by molar-refractivity contribution is 5.76. The van der Waals surface area contributed by atoms with Gasteiger partial charge in [-0.15, -0.1) is 0 Å². The lowest BCUT2D eigenvalue weighted by Gasteiger charge is -2.41. The molecule has 2 N–H and O–H groups in total. The molecule has 1 aliphatic heterocycles. The minimum Gasteiger partial charge on any atom is -0.484 e. The standard InChI is InChI=1S/C15H22N2O3/c1-15(2)10-17(9-5-8-13(18)19-3)14-11(16)6-4-7-12(14)20-15/h4,6-7H,5,8-10,16H2,1-3H3. The topological polar surface area (TPSA) is 64.8 Å². The fourth-order valence-corrected chi connectivity index (χ4v) is 2.54. The number of esters is 1. The van der Waals surface area contributed by atoms with E-state index in [4.69, 9.17) is 10.5 Å². The highest BCUT2D eigenvalue weighted by Crippen LogP contribution is 2.40. The fourth-order valence-electron chi connectivity index (χ4n) is 2.54. The van der Waals surface area contributed by atoms with Crippen molar-refractivity contribution >= 4 is 17.3 Å². The van der Waals surface area contributed by atoms with E-state index in [0.29, 0.717) is 12.1 Å². The Hall–Kier alpha value is -1.91. The Morgan fingerprint density at radius 1 is 1.50 bits per heavy atom. The second-order valence-corrected chi connectivity index (χ2v) is 5.66. The molecule has 0 saturated heterocycles. The van der Waals surface area contributed by atoms with Crippen LogP contribution >= 0.6 is 0 Å². The number of benzene rings is 1. The van der Waals surface area contributed by atoms with Crippen molar-refractivity contribution in [2.24, 2.45) is 0 Å². The molecule has 1 heterocycles. The molecule has 0 aromatic heterocycles. The first-order valence-electron chi connectivity index (χ1n) is 6.82. The van der Waals surface area contributed by atoms with E-state index < -0.39 is 0 Å². The summed E-state index contributed by atoms with van der Waals surface area (Å²) in [7, 11) is 1.41. The van der Waals surface area contributed by atoms with Crippen LogP contribution in [0.3, 0.4) is 0 Å². The molecule has 1 aromatic carbocycles. The molecule has 0 radical (unpaired) electrons. The number of anilines is 2. The summed E-state index contributed by atoms with van der Waals surface area (Å²) in [5.74, 6) is 0.623. The highest BCUT2D eigenvalue weighted by Gasteiger charge is 2.32. The van der Waals surface area contributed by atoms with Gasteiger partial charge in [0.25, 0.3) is 0 Å². The third-order valence-corrected chi connectivity index (χ3v) is 3.34. The van der Waals surface area contributed by atoms with Crippen LogP contribution in [0.25, 0.3) is 0 Å². The van der Waals surface area contributed by atoms with Gasteiger partial charge in [0.05, 0.1) is 19.3 Å². The van der Waals surface area contributed by atoms with E-state index in [2.05, 4.69) is 9.64 Å². The predicted octanol–water partition coefficient (Wildman–Crippen LogP) is 2.20. The molecule has 0 unspecified atom stereocenters. The maximum atomic E-state index is 11.2. The maximum absolute atomic E-state index is 11.2. The normalized spacial score (nSPS) is 16.2. The summed E-state index contributed by atoms with van der Waals surface area (Å²) in [6, 6.07) is 5.69. The van der Waals surface area contributed by atoms with Crippen molar-refractivity contribution in [2.45, 2.75) is 32.3 Å². The van der Waals surface area contributed by atoms with E-state index in [0.717, 1.165) is 30.9 Å². The van der Waals surface area contributed by atoms with Crippen molar-refractivity contribution in [3.05, 3.63) is 18.2 Å². The molecule has 0 saturated carbocycles. The number of hydrogen-bond donors (Lipinski definition) is 1. The number of fused-ring (bicyclic) bond motifs is 1. The van der Waals surface area contributed by atoms with Crippen molar-refractivity contribution in [3.63, 3.8) is 0 Å². The van der Waals surface area contributed by atoms with Crippen LogP contribution in [0.5, 0.6) is 5.75 Å². The molecule has 110 valence electrons. The largest absolute Gasteiger partial charge is 0.484 e. The van der Waals surface area contributed by atoms with Crippen molar-refractivity contribution in [1.29, 1.82) is 0 Å². The van der Waals surface area contributed by atoms with Gasteiger partial charge in [0, 0.05) is 13.0 Å². The molecule has 0 spiro atoms. The Kier molecular flexibility index (Phi) is 4.06. The zero-order valence-electron chi connectivity index (χ0n) is 12.3. The maximum Gasteiger partial charge on any atom is 0.305 e. The Morgan fingerprint density at radius 2 is 2.25 bits per heavy atom. The molecule has 0 bridgehead atoms. The van der Waals surface area contributed by atoms with Gasteiger partial charge in [0.2, 0.25) is 0 Å². The van der Waals surface area contributed by atoms with E-state index in [1.165, 1.54) is 7.11 Å². The van der Waals surface area contributed by atoms with Crippen molar-refractivity contribution < 1.29 is 14.3 Å². The third kappa shape index (κ3) is 3.15. The first kappa shape index (κ1) is 14.5. The molecule has 1 aromatic rings. The number of nitrogen functional groups attached to an aromatic ring is 1.